The van der Waals surface area contributed by atoms with E-state index in [-0.39, 0.29) is 0 Å². The first kappa shape index (κ1) is 14.2. The van der Waals surface area contributed by atoms with Crippen LogP contribution in [0.2, 0.25) is 5.15 Å². The third-order valence-electron chi connectivity index (χ3n) is 2.69. The monoisotopic (exact) mass is 340 g/mol. The molecule has 0 saturated carbocycles. The molecule has 0 radical (unpaired) electrons. The zero-order chi connectivity index (χ0) is 13.8. The van der Waals surface area contributed by atoms with E-state index in [1.54, 1.807) is 13.3 Å². The lowest BCUT2D eigenvalue weighted by atomic mass is 10.2. The summed E-state index contributed by atoms with van der Waals surface area (Å²) in [6.45, 7) is 2.60. The van der Waals surface area contributed by atoms with Gasteiger partial charge in [0.15, 0.2) is 5.15 Å². The molecule has 0 unspecified atom stereocenters. The standard InChI is InChI=1S/C14H14BrClN2O/c1-9-5-12(14(16)18-7-9)17-8-10-6-11(15)3-4-13(10)19-2/h3-7,17H,8H2,1-2H3. The third-order valence-corrected chi connectivity index (χ3v) is 3.48. The summed E-state index contributed by atoms with van der Waals surface area (Å²) in [5, 5.41) is 3.75. The summed E-state index contributed by atoms with van der Waals surface area (Å²) in [7, 11) is 1.66. The van der Waals surface area contributed by atoms with Gasteiger partial charge in [-0.05, 0) is 36.8 Å². The molecule has 0 aliphatic heterocycles. The van der Waals surface area contributed by atoms with Crippen molar-refractivity contribution in [1.29, 1.82) is 0 Å². The normalized spacial score (nSPS) is 10.3. The zero-order valence-electron chi connectivity index (χ0n) is 10.7. The summed E-state index contributed by atoms with van der Waals surface area (Å²) in [6.07, 6.45) is 1.74. The number of halogens is 2. The quantitative estimate of drug-likeness (QED) is 0.836. The molecule has 1 aromatic heterocycles. The van der Waals surface area contributed by atoms with Gasteiger partial charge in [0, 0.05) is 22.8 Å². The lowest BCUT2D eigenvalue weighted by Crippen LogP contribution is -2.03. The maximum atomic E-state index is 6.05. The molecule has 0 aliphatic rings. The van der Waals surface area contributed by atoms with Crippen LogP contribution < -0.4 is 10.1 Å². The van der Waals surface area contributed by atoms with Crippen LogP contribution in [-0.2, 0) is 6.54 Å². The minimum Gasteiger partial charge on any atom is -0.496 e. The Bertz CT molecular complexity index is 590. The number of hydrogen-bond acceptors (Lipinski definition) is 3. The summed E-state index contributed by atoms with van der Waals surface area (Å²) >= 11 is 9.51. The number of aromatic nitrogens is 1. The molecule has 0 spiro atoms. The molecule has 0 bridgehead atoms. The molecule has 0 amide bonds. The second-order valence-electron chi connectivity index (χ2n) is 4.16. The van der Waals surface area contributed by atoms with Crippen molar-refractivity contribution in [2.45, 2.75) is 13.5 Å². The van der Waals surface area contributed by atoms with Gasteiger partial charge in [-0.2, -0.15) is 0 Å². The first-order valence-electron chi connectivity index (χ1n) is 5.78. The highest BCUT2D eigenvalue weighted by atomic mass is 79.9. The fraction of sp³-hybridized carbons (Fsp3) is 0.214. The van der Waals surface area contributed by atoms with Crippen molar-refractivity contribution in [3.05, 3.63) is 51.2 Å². The Morgan fingerprint density at radius 2 is 2.16 bits per heavy atom. The maximum absolute atomic E-state index is 6.05. The molecular weight excluding hydrogens is 328 g/mol. The Labute approximate surface area is 126 Å². The molecule has 2 rings (SSSR count). The number of aryl methyl sites for hydroxylation is 1. The van der Waals surface area contributed by atoms with E-state index in [9.17, 15) is 0 Å². The molecule has 1 heterocycles. The summed E-state index contributed by atoms with van der Waals surface area (Å²) < 4.78 is 6.35. The molecule has 19 heavy (non-hydrogen) atoms. The molecule has 0 aliphatic carbocycles. The van der Waals surface area contributed by atoms with Crippen molar-refractivity contribution in [3.63, 3.8) is 0 Å². The zero-order valence-corrected chi connectivity index (χ0v) is 13.0. The summed E-state index contributed by atoms with van der Waals surface area (Å²) in [5.74, 6) is 0.840. The van der Waals surface area contributed by atoms with Crippen LogP contribution in [0.25, 0.3) is 0 Å². The average Bonchev–Trinajstić information content (AvgIpc) is 2.40. The van der Waals surface area contributed by atoms with Crippen molar-refractivity contribution >= 4 is 33.2 Å². The van der Waals surface area contributed by atoms with Crippen LogP contribution >= 0.6 is 27.5 Å². The molecule has 0 atom stereocenters. The predicted octanol–water partition coefficient (Wildman–Crippen LogP) is 4.43. The number of anilines is 1. The summed E-state index contributed by atoms with van der Waals surface area (Å²) in [4.78, 5) is 4.11. The summed E-state index contributed by atoms with van der Waals surface area (Å²) in [5.41, 5.74) is 2.94. The fourth-order valence-corrected chi connectivity index (χ4v) is 2.33. The highest BCUT2D eigenvalue weighted by Crippen LogP contribution is 2.25. The summed E-state index contributed by atoms with van der Waals surface area (Å²) in [6, 6.07) is 7.86. The van der Waals surface area contributed by atoms with Gasteiger partial charge in [-0.25, -0.2) is 4.98 Å². The smallest absolute Gasteiger partial charge is 0.152 e. The van der Waals surface area contributed by atoms with E-state index in [0.29, 0.717) is 11.7 Å². The number of nitrogens with one attached hydrogen (secondary N) is 1. The van der Waals surface area contributed by atoms with E-state index < -0.39 is 0 Å². The van der Waals surface area contributed by atoms with Gasteiger partial charge in [0.05, 0.1) is 12.8 Å². The SMILES string of the molecule is COc1ccc(Br)cc1CNc1cc(C)cnc1Cl. The molecule has 0 fully saturated rings. The second-order valence-corrected chi connectivity index (χ2v) is 5.43. The molecular formula is C14H14BrClN2O. The Hall–Kier alpha value is -1.26. The Kier molecular flexibility index (Phi) is 4.66. The van der Waals surface area contributed by atoms with Gasteiger partial charge in [-0.15, -0.1) is 0 Å². The average molecular weight is 342 g/mol. The van der Waals surface area contributed by atoms with Crippen molar-refractivity contribution in [1.82, 2.24) is 4.98 Å². The molecule has 3 nitrogen and oxygen atoms in total. The van der Waals surface area contributed by atoms with Crippen molar-refractivity contribution < 1.29 is 4.74 Å². The third kappa shape index (κ3) is 3.61. The first-order chi connectivity index (χ1) is 9.10. The van der Waals surface area contributed by atoms with Gasteiger partial charge in [0.1, 0.15) is 5.75 Å². The topological polar surface area (TPSA) is 34.1 Å². The first-order valence-corrected chi connectivity index (χ1v) is 6.95. The van der Waals surface area contributed by atoms with Crippen LogP contribution in [-0.4, -0.2) is 12.1 Å². The number of methoxy groups -OCH3 is 1. The number of hydrogen-bond donors (Lipinski definition) is 1. The van der Waals surface area contributed by atoms with Crippen molar-refractivity contribution in [2.75, 3.05) is 12.4 Å². The molecule has 100 valence electrons. The van der Waals surface area contributed by atoms with E-state index in [1.807, 2.05) is 31.2 Å². The molecule has 0 saturated heterocycles. The van der Waals surface area contributed by atoms with Gasteiger partial charge in [0.25, 0.3) is 0 Å². The molecule has 1 aromatic carbocycles. The second kappa shape index (κ2) is 6.26. The van der Waals surface area contributed by atoms with Crippen molar-refractivity contribution in [2.24, 2.45) is 0 Å². The Morgan fingerprint density at radius 1 is 1.37 bits per heavy atom. The van der Waals surface area contributed by atoms with E-state index in [0.717, 1.165) is 27.0 Å². The predicted molar refractivity (Wildman–Crippen MR) is 82.0 cm³/mol. The van der Waals surface area contributed by atoms with Crippen LogP contribution in [0.1, 0.15) is 11.1 Å². The minimum absolute atomic E-state index is 0.472. The number of ether oxygens (including phenoxy) is 1. The molecule has 1 N–H and O–H groups in total. The lowest BCUT2D eigenvalue weighted by molar-refractivity contribution is 0.410. The van der Waals surface area contributed by atoms with Crippen LogP contribution in [0.5, 0.6) is 5.75 Å². The van der Waals surface area contributed by atoms with Crippen LogP contribution in [0, 0.1) is 6.92 Å². The Morgan fingerprint density at radius 3 is 2.89 bits per heavy atom. The molecule has 2 aromatic rings. The van der Waals surface area contributed by atoms with Gasteiger partial charge in [-0.1, -0.05) is 27.5 Å². The highest BCUT2D eigenvalue weighted by Gasteiger charge is 2.06. The van der Waals surface area contributed by atoms with Crippen molar-refractivity contribution in [3.8, 4) is 5.75 Å². The lowest BCUT2D eigenvalue weighted by Gasteiger charge is -2.12. The van der Waals surface area contributed by atoms with E-state index >= 15 is 0 Å². The number of nitrogens with zero attached hydrogens (tertiary/aromatic N) is 1. The fourth-order valence-electron chi connectivity index (χ4n) is 1.75. The van der Waals surface area contributed by atoms with E-state index in [2.05, 4.69) is 26.2 Å². The minimum atomic E-state index is 0.472. The van der Waals surface area contributed by atoms with Crippen LogP contribution in [0.3, 0.4) is 0 Å². The van der Waals surface area contributed by atoms with Gasteiger partial charge >= 0.3 is 0 Å². The Balaban J connectivity index is 2.18. The van der Waals surface area contributed by atoms with E-state index in [1.165, 1.54) is 0 Å². The van der Waals surface area contributed by atoms with Crippen LogP contribution in [0.4, 0.5) is 5.69 Å². The van der Waals surface area contributed by atoms with Gasteiger partial charge in [0.2, 0.25) is 0 Å². The maximum Gasteiger partial charge on any atom is 0.152 e. The van der Waals surface area contributed by atoms with Gasteiger partial charge < -0.3 is 10.1 Å². The van der Waals surface area contributed by atoms with Crippen LogP contribution in [0.15, 0.2) is 34.9 Å². The number of rotatable bonds is 4. The highest BCUT2D eigenvalue weighted by molar-refractivity contribution is 9.10. The number of pyridine rings is 1. The van der Waals surface area contributed by atoms with E-state index in [4.69, 9.17) is 16.3 Å². The van der Waals surface area contributed by atoms with Gasteiger partial charge in [-0.3, -0.25) is 0 Å². The largest absolute Gasteiger partial charge is 0.496 e. The number of benzene rings is 1. The molecule has 5 heteroatoms.